The third kappa shape index (κ3) is 5.61. The first kappa shape index (κ1) is 17.9. The average Bonchev–Trinajstić information content (AvgIpc) is 2.58. The smallest absolute Gasteiger partial charge is 0.160 e. The fourth-order valence-corrected chi connectivity index (χ4v) is 2.65. The van der Waals surface area contributed by atoms with Gasteiger partial charge in [-0.3, -0.25) is 4.79 Å². The second kappa shape index (κ2) is 8.96. The highest BCUT2D eigenvalue weighted by molar-refractivity contribution is 5.78. The summed E-state index contributed by atoms with van der Waals surface area (Å²) in [5, 5.41) is 19.0. The van der Waals surface area contributed by atoms with Gasteiger partial charge in [-0.05, 0) is 61.1 Å². The molecule has 0 aliphatic rings. The van der Waals surface area contributed by atoms with Gasteiger partial charge in [0.05, 0.1) is 7.11 Å². The number of unbranched alkanes of at least 4 members (excludes halogenated alkanes) is 1. The summed E-state index contributed by atoms with van der Waals surface area (Å²) in [4.78, 5) is 12.0. The number of methoxy groups -OCH3 is 1. The molecule has 2 aromatic carbocycles. The second-order valence-corrected chi connectivity index (χ2v) is 5.92. The summed E-state index contributed by atoms with van der Waals surface area (Å²) in [7, 11) is 1.51. The predicted molar refractivity (Wildman–Crippen MR) is 93.6 cm³/mol. The maximum Gasteiger partial charge on any atom is 0.160 e. The van der Waals surface area contributed by atoms with Crippen LogP contribution in [0.4, 0.5) is 0 Å². The molecule has 0 amide bonds. The maximum atomic E-state index is 12.0. The van der Waals surface area contributed by atoms with Gasteiger partial charge in [-0.2, -0.15) is 0 Å². The number of rotatable bonds is 9. The quantitative estimate of drug-likeness (QED) is 0.682. The normalized spacial score (nSPS) is 10.5. The molecule has 2 rings (SSSR count). The minimum absolute atomic E-state index is 0.111. The van der Waals surface area contributed by atoms with Crippen LogP contribution in [0.25, 0.3) is 0 Å². The van der Waals surface area contributed by atoms with Crippen molar-refractivity contribution in [2.75, 3.05) is 7.11 Å². The Kier molecular flexibility index (Phi) is 6.67. The molecule has 0 atom stereocenters. The highest BCUT2D eigenvalue weighted by atomic mass is 16.5. The Bertz CT molecular complexity index is 679. The van der Waals surface area contributed by atoms with Crippen LogP contribution in [-0.4, -0.2) is 23.1 Å². The number of aromatic hydroxyl groups is 2. The minimum Gasteiger partial charge on any atom is -0.508 e. The number of ketones is 1. The summed E-state index contributed by atoms with van der Waals surface area (Å²) in [5.74, 6) is 1.08. The number of hydrogen-bond donors (Lipinski definition) is 2. The molecule has 0 spiro atoms. The van der Waals surface area contributed by atoms with E-state index in [0.717, 1.165) is 30.4 Å². The summed E-state index contributed by atoms with van der Waals surface area (Å²) in [6.45, 7) is 0. The molecule has 0 unspecified atom stereocenters. The van der Waals surface area contributed by atoms with Crippen LogP contribution in [0.1, 0.15) is 36.8 Å². The largest absolute Gasteiger partial charge is 0.508 e. The number of benzene rings is 2. The van der Waals surface area contributed by atoms with Gasteiger partial charge in [0.1, 0.15) is 11.5 Å². The first-order chi connectivity index (χ1) is 11.6. The average molecular weight is 328 g/mol. The molecule has 0 heterocycles. The fourth-order valence-electron chi connectivity index (χ4n) is 2.65. The number of phenols is 2. The predicted octanol–water partition coefficient (Wildman–Crippen LogP) is 4.02. The highest BCUT2D eigenvalue weighted by Crippen LogP contribution is 2.26. The molecule has 0 radical (unpaired) electrons. The lowest BCUT2D eigenvalue weighted by molar-refractivity contribution is -0.119. The number of carbonyl (C=O) groups is 1. The standard InChI is InChI=1S/C20H24O4/c1-24-20-14-16(10-12-19(20)23)9-11-17(21)7-3-2-5-15-6-4-8-18(22)13-15/h4,6,8,10,12-14,22-23H,2-3,5,7,9,11H2,1H3. The molecule has 0 fully saturated rings. The van der Waals surface area contributed by atoms with E-state index in [1.165, 1.54) is 7.11 Å². The highest BCUT2D eigenvalue weighted by Gasteiger charge is 2.06. The number of aryl methyl sites for hydroxylation is 2. The van der Waals surface area contributed by atoms with Gasteiger partial charge in [-0.25, -0.2) is 0 Å². The van der Waals surface area contributed by atoms with Crippen LogP contribution in [-0.2, 0) is 17.6 Å². The van der Waals surface area contributed by atoms with Crippen molar-refractivity contribution in [3.8, 4) is 17.2 Å². The van der Waals surface area contributed by atoms with Crippen molar-refractivity contribution >= 4 is 5.78 Å². The molecule has 0 bridgehead atoms. The first-order valence-corrected chi connectivity index (χ1v) is 8.24. The van der Waals surface area contributed by atoms with E-state index < -0.39 is 0 Å². The Hall–Kier alpha value is -2.49. The van der Waals surface area contributed by atoms with Crippen LogP contribution < -0.4 is 4.74 Å². The summed E-state index contributed by atoms with van der Waals surface area (Å²) in [5.41, 5.74) is 2.08. The third-order valence-electron chi connectivity index (χ3n) is 4.02. The van der Waals surface area contributed by atoms with Crippen molar-refractivity contribution in [2.45, 2.75) is 38.5 Å². The SMILES string of the molecule is COc1cc(CCC(=O)CCCCc2cccc(O)c2)ccc1O. The zero-order valence-corrected chi connectivity index (χ0v) is 14.0. The molecular weight excluding hydrogens is 304 g/mol. The lowest BCUT2D eigenvalue weighted by Gasteiger charge is -2.06. The van der Waals surface area contributed by atoms with Gasteiger partial charge in [0, 0.05) is 12.8 Å². The van der Waals surface area contributed by atoms with Gasteiger partial charge in [0.15, 0.2) is 11.5 Å². The molecule has 0 saturated carbocycles. The van der Waals surface area contributed by atoms with E-state index in [0.29, 0.717) is 25.0 Å². The van der Waals surface area contributed by atoms with Gasteiger partial charge in [-0.15, -0.1) is 0 Å². The molecular formula is C20H24O4. The maximum absolute atomic E-state index is 12.0. The van der Waals surface area contributed by atoms with Crippen molar-refractivity contribution in [1.29, 1.82) is 0 Å². The number of Topliss-reactive ketones (excluding diaryl/α,β-unsaturated/α-hetero) is 1. The second-order valence-electron chi connectivity index (χ2n) is 5.92. The van der Waals surface area contributed by atoms with Crippen LogP contribution in [0.2, 0.25) is 0 Å². The molecule has 4 heteroatoms. The van der Waals surface area contributed by atoms with Gasteiger partial charge < -0.3 is 14.9 Å². The summed E-state index contributed by atoms with van der Waals surface area (Å²) < 4.78 is 5.07. The molecule has 0 saturated heterocycles. The van der Waals surface area contributed by atoms with Crippen LogP contribution in [0.5, 0.6) is 17.2 Å². The van der Waals surface area contributed by atoms with Crippen LogP contribution >= 0.6 is 0 Å². The number of ether oxygens (including phenoxy) is 1. The van der Waals surface area contributed by atoms with Gasteiger partial charge in [0.25, 0.3) is 0 Å². The van der Waals surface area contributed by atoms with E-state index in [4.69, 9.17) is 4.74 Å². The van der Waals surface area contributed by atoms with E-state index in [1.807, 2.05) is 18.2 Å². The molecule has 0 aliphatic heterocycles. The number of hydrogen-bond acceptors (Lipinski definition) is 4. The van der Waals surface area contributed by atoms with Crippen LogP contribution in [0.15, 0.2) is 42.5 Å². The molecule has 4 nitrogen and oxygen atoms in total. The number of carbonyl (C=O) groups excluding carboxylic acids is 1. The van der Waals surface area contributed by atoms with Crippen molar-refractivity contribution < 1.29 is 19.7 Å². The van der Waals surface area contributed by atoms with E-state index in [9.17, 15) is 15.0 Å². The van der Waals surface area contributed by atoms with Crippen LogP contribution in [0, 0.1) is 0 Å². The Morgan fingerprint density at radius 1 is 0.958 bits per heavy atom. The van der Waals surface area contributed by atoms with E-state index >= 15 is 0 Å². The Labute approximate surface area is 142 Å². The molecule has 24 heavy (non-hydrogen) atoms. The summed E-state index contributed by atoms with van der Waals surface area (Å²) in [6, 6.07) is 12.4. The van der Waals surface area contributed by atoms with Gasteiger partial charge >= 0.3 is 0 Å². The van der Waals surface area contributed by atoms with Crippen molar-refractivity contribution in [1.82, 2.24) is 0 Å². The molecule has 0 aromatic heterocycles. The monoisotopic (exact) mass is 328 g/mol. The summed E-state index contributed by atoms with van der Waals surface area (Å²) in [6.07, 6.45) is 4.39. The van der Waals surface area contributed by atoms with E-state index in [1.54, 1.807) is 24.3 Å². The Morgan fingerprint density at radius 3 is 2.50 bits per heavy atom. The molecule has 128 valence electrons. The van der Waals surface area contributed by atoms with Crippen molar-refractivity contribution in [3.05, 3.63) is 53.6 Å². The minimum atomic E-state index is 0.111. The third-order valence-corrected chi connectivity index (χ3v) is 4.02. The van der Waals surface area contributed by atoms with Crippen LogP contribution in [0.3, 0.4) is 0 Å². The van der Waals surface area contributed by atoms with E-state index in [2.05, 4.69) is 0 Å². The zero-order valence-electron chi connectivity index (χ0n) is 14.0. The molecule has 2 N–H and O–H groups in total. The molecule has 0 aliphatic carbocycles. The Morgan fingerprint density at radius 2 is 1.75 bits per heavy atom. The lowest BCUT2D eigenvalue weighted by Crippen LogP contribution is -2.01. The Balaban J connectivity index is 1.68. The van der Waals surface area contributed by atoms with Crippen molar-refractivity contribution in [3.63, 3.8) is 0 Å². The van der Waals surface area contributed by atoms with Crippen molar-refractivity contribution in [2.24, 2.45) is 0 Å². The topological polar surface area (TPSA) is 66.8 Å². The first-order valence-electron chi connectivity index (χ1n) is 8.24. The molecule has 2 aromatic rings. The lowest BCUT2D eigenvalue weighted by atomic mass is 10.0. The summed E-state index contributed by atoms with van der Waals surface area (Å²) >= 11 is 0. The van der Waals surface area contributed by atoms with E-state index in [-0.39, 0.29) is 17.3 Å². The zero-order chi connectivity index (χ0) is 17.4. The van der Waals surface area contributed by atoms with Gasteiger partial charge in [0.2, 0.25) is 0 Å². The fraction of sp³-hybridized carbons (Fsp3) is 0.350. The van der Waals surface area contributed by atoms with Gasteiger partial charge in [-0.1, -0.05) is 18.2 Å². The number of phenolic OH excluding ortho intramolecular Hbond substituents is 2.